The quantitative estimate of drug-likeness (QED) is 0.820. The lowest BCUT2D eigenvalue weighted by molar-refractivity contribution is -0.121. The Bertz CT molecular complexity index is 700. The zero-order valence-corrected chi connectivity index (χ0v) is 14.4. The van der Waals surface area contributed by atoms with E-state index in [1.54, 1.807) is 25.3 Å². The van der Waals surface area contributed by atoms with E-state index in [0.29, 0.717) is 12.0 Å². The van der Waals surface area contributed by atoms with Gasteiger partial charge in [-0.05, 0) is 48.6 Å². The Morgan fingerprint density at radius 2 is 2.00 bits per heavy atom. The minimum Gasteiger partial charge on any atom is -0.496 e. The molecule has 0 fully saturated rings. The second-order valence-electron chi connectivity index (χ2n) is 5.85. The Labute approximate surface area is 142 Å². The van der Waals surface area contributed by atoms with Gasteiger partial charge in [0.05, 0.1) is 13.2 Å². The predicted octanol–water partition coefficient (Wildman–Crippen LogP) is 4.34. The van der Waals surface area contributed by atoms with E-state index in [9.17, 15) is 9.18 Å². The van der Waals surface area contributed by atoms with Gasteiger partial charge < -0.3 is 10.1 Å². The number of carbonyl (C=O) groups excluding carboxylic acids is 1. The van der Waals surface area contributed by atoms with Gasteiger partial charge in [-0.15, -0.1) is 0 Å². The number of halogens is 1. The highest BCUT2D eigenvalue weighted by Gasteiger charge is 2.14. The summed E-state index contributed by atoms with van der Waals surface area (Å²) in [5.41, 5.74) is 2.66. The van der Waals surface area contributed by atoms with E-state index in [-0.39, 0.29) is 24.2 Å². The third-order valence-electron chi connectivity index (χ3n) is 4.14. The van der Waals surface area contributed by atoms with E-state index in [1.165, 1.54) is 6.07 Å². The summed E-state index contributed by atoms with van der Waals surface area (Å²) in [4.78, 5) is 12.2. The van der Waals surface area contributed by atoms with E-state index >= 15 is 0 Å². The van der Waals surface area contributed by atoms with E-state index < -0.39 is 0 Å². The van der Waals surface area contributed by atoms with Crippen molar-refractivity contribution >= 4 is 5.91 Å². The van der Waals surface area contributed by atoms with Crippen LogP contribution < -0.4 is 10.1 Å². The third kappa shape index (κ3) is 4.57. The van der Waals surface area contributed by atoms with Gasteiger partial charge in [0.2, 0.25) is 5.91 Å². The minimum absolute atomic E-state index is 0.0530. The number of ether oxygens (including phenoxy) is 1. The lowest BCUT2D eigenvalue weighted by Gasteiger charge is -2.19. The van der Waals surface area contributed by atoms with E-state index in [4.69, 9.17) is 4.74 Å². The second kappa shape index (κ2) is 8.48. The second-order valence-corrected chi connectivity index (χ2v) is 5.85. The fourth-order valence-corrected chi connectivity index (χ4v) is 2.76. The largest absolute Gasteiger partial charge is 0.496 e. The molecule has 0 aliphatic carbocycles. The molecule has 0 saturated carbocycles. The first-order chi connectivity index (χ1) is 11.5. The molecule has 0 aliphatic heterocycles. The molecule has 0 aliphatic rings. The molecule has 0 spiro atoms. The molecule has 2 aromatic carbocycles. The number of amides is 1. The molecule has 2 aromatic rings. The topological polar surface area (TPSA) is 38.3 Å². The predicted molar refractivity (Wildman–Crippen MR) is 93.6 cm³/mol. The van der Waals surface area contributed by atoms with Crippen molar-refractivity contribution in [3.8, 4) is 5.75 Å². The fraction of sp³-hybridized carbons (Fsp3) is 0.350. The summed E-state index contributed by atoms with van der Waals surface area (Å²) >= 11 is 0. The average Bonchev–Trinajstić information content (AvgIpc) is 2.59. The Balaban J connectivity index is 1.98. The number of rotatable bonds is 7. The van der Waals surface area contributed by atoms with E-state index in [0.717, 1.165) is 23.3 Å². The molecule has 24 heavy (non-hydrogen) atoms. The molecule has 128 valence electrons. The SMILES string of the molecule is CC[C@H](NC(=O)CCc1ccccc1F)c1ccc(OC)c(C)c1. The number of aryl methyl sites for hydroxylation is 2. The number of hydrogen-bond donors (Lipinski definition) is 1. The van der Waals surface area contributed by atoms with Gasteiger partial charge in [-0.3, -0.25) is 4.79 Å². The smallest absolute Gasteiger partial charge is 0.220 e. The Morgan fingerprint density at radius 1 is 1.25 bits per heavy atom. The highest BCUT2D eigenvalue weighted by Crippen LogP contribution is 2.24. The van der Waals surface area contributed by atoms with Crippen LogP contribution in [0, 0.1) is 12.7 Å². The summed E-state index contributed by atoms with van der Waals surface area (Å²) in [5, 5.41) is 3.04. The molecule has 0 aromatic heterocycles. The van der Waals surface area contributed by atoms with E-state index in [2.05, 4.69) is 5.32 Å². The van der Waals surface area contributed by atoms with Gasteiger partial charge in [0.1, 0.15) is 11.6 Å². The summed E-state index contributed by atoms with van der Waals surface area (Å²) in [5.74, 6) is 0.501. The summed E-state index contributed by atoms with van der Waals surface area (Å²) in [6, 6.07) is 12.4. The molecule has 1 atom stereocenters. The number of methoxy groups -OCH3 is 1. The van der Waals surface area contributed by atoms with Crippen molar-refractivity contribution in [1.82, 2.24) is 5.32 Å². The molecule has 1 N–H and O–H groups in total. The highest BCUT2D eigenvalue weighted by atomic mass is 19.1. The number of benzene rings is 2. The zero-order chi connectivity index (χ0) is 17.5. The van der Waals surface area contributed by atoms with Gasteiger partial charge in [-0.1, -0.05) is 37.3 Å². The molecule has 0 unspecified atom stereocenters. The van der Waals surface area contributed by atoms with Gasteiger partial charge in [-0.2, -0.15) is 0 Å². The molecule has 3 nitrogen and oxygen atoms in total. The minimum atomic E-state index is -0.261. The van der Waals surface area contributed by atoms with E-state index in [1.807, 2.05) is 32.0 Å². The molecular weight excluding hydrogens is 305 g/mol. The number of carbonyl (C=O) groups is 1. The van der Waals surface area contributed by atoms with Crippen molar-refractivity contribution in [2.24, 2.45) is 0 Å². The van der Waals surface area contributed by atoms with Crippen molar-refractivity contribution in [3.63, 3.8) is 0 Å². The molecule has 0 bridgehead atoms. The van der Waals surface area contributed by atoms with Gasteiger partial charge >= 0.3 is 0 Å². The van der Waals surface area contributed by atoms with Gasteiger partial charge in [0.15, 0.2) is 0 Å². The van der Waals surface area contributed by atoms with Crippen molar-refractivity contribution in [2.75, 3.05) is 7.11 Å². The molecule has 1 amide bonds. The van der Waals surface area contributed by atoms with Crippen LogP contribution in [0.3, 0.4) is 0 Å². The maximum absolute atomic E-state index is 13.6. The molecule has 0 saturated heterocycles. The first kappa shape index (κ1) is 18.0. The normalized spacial score (nSPS) is 11.8. The Morgan fingerprint density at radius 3 is 2.62 bits per heavy atom. The first-order valence-corrected chi connectivity index (χ1v) is 8.22. The maximum Gasteiger partial charge on any atom is 0.220 e. The van der Waals surface area contributed by atoms with Crippen LogP contribution in [0.2, 0.25) is 0 Å². The first-order valence-electron chi connectivity index (χ1n) is 8.22. The monoisotopic (exact) mass is 329 g/mol. The highest BCUT2D eigenvalue weighted by molar-refractivity contribution is 5.76. The Hall–Kier alpha value is -2.36. The van der Waals surface area contributed by atoms with Crippen LogP contribution >= 0.6 is 0 Å². The number of nitrogens with one attached hydrogen (secondary N) is 1. The van der Waals surface area contributed by atoms with Crippen LogP contribution in [0.25, 0.3) is 0 Å². The van der Waals surface area contributed by atoms with Crippen molar-refractivity contribution < 1.29 is 13.9 Å². The van der Waals surface area contributed by atoms with Crippen molar-refractivity contribution in [2.45, 2.75) is 39.2 Å². The zero-order valence-electron chi connectivity index (χ0n) is 14.4. The van der Waals surface area contributed by atoms with Crippen LogP contribution in [-0.2, 0) is 11.2 Å². The standard InChI is InChI=1S/C20H24FNO2/c1-4-18(16-9-11-19(24-3)14(2)13-16)22-20(23)12-10-15-7-5-6-8-17(15)21/h5-9,11,13,18H,4,10,12H2,1-3H3,(H,22,23)/t18-/m0/s1. The molecule has 0 heterocycles. The molecule has 0 radical (unpaired) electrons. The summed E-state index contributed by atoms with van der Waals surface area (Å²) in [6.07, 6.45) is 1.46. The molecular formula is C20H24FNO2. The number of hydrogen-bond acceptors (Lipinski definition) is 2. The van der Waals surface area contributed by atoms with Crippen LogP contribution in [0.5, 0.6) is 5.75 Å². The average molecular weight is 329 g/mol. The summed E-state index contributed by atoms with van der Waals surface area (Å²) < 4.78 is 18.9. The Kier molecular flexibility index (Phi) is 6.36. The third-order valence-corrected chi connectivity index (χ3v) is 4.14. The molecule has 2 rings (SSSR count). The fourth-order valence-electron chi connectivity index (χ4n) is 2.76. The lowest BCUT2D eigenvalue weighted by atomic mass is 10.0. The van der Waals surface area contributed by atoms with Crippen LogP contribution in [0.4, 0.5) is 4.39 Å². The summed E-state index contributed by atoms with van der Waals surface area (Å²) in [6.45, 7) is 4.01. The molecule has 4 heteroatoms. The van der Waals surface area contributed by atoms with Crippen molar-refractivity contribution in [3.05, 3.63) is 65.0 Å². The van der Waals surface area contributed by atoms with Crippen LogP contribution in [0.15, 0.2) is 42.5 Å². The van der Waals surface area contributed by atoms with Crippen molar-refractivity contribution in [1.29, 1.82) is 0 Å². The van der Waals surface area contributed by atoms with Crippen LogP contribution in [0.1, 0.15) is 42.5 Å². The summed E-state index contributed by atoms with van der Waals surface area (Å²) in [7, 11) is 1.64. The lowest BCUT2D eigenvalue weighted by Crippen LogP contribution is -2.28. The maximum atomic E-state index is 13.6. The van der Waals surface area contributed by atoms with Crippen LogP contribution in [-0.4, -0.2) is 13.0 Å². The van der Waals surface area contributed by atoms with Gasteiger partial charge in [0.25, 0.3) is 0 Å². The van der Waals surface area contributed by atoms with Gasteiger partial charge in [-0.25, -0.2) is 4.39 Å². The van der Waals surface area contributed by atoms with Gasteiger partial charge in [0, 0.05) is 6.42 Å².